The fraction of sp³-hybridized carbons (Fsp3) is 0.417. The summed E-state index contributed by atoms with van der Waals surface area (Å²) in [6.07, 6.45) is 4.52. The Bertz CT molecular complexity index is 882. The minimum Gasteiger partial charge on any atom is -0.460 e. The molecule has 0 heterocycles. The molecule has 0 aliphatic carbocycles. The molecule has 0 aliphatic heterocycles. The van der Waals surface area contributed by atoms with Crippen LogP contribution >= 0.6 is 16.9 Å². The van der Waals surface area contributed by atoms with Gasteiger partial charge in [-0.15, -0.1) is 0 Å². The Hall–Kier alpha value is -4.16. The minimum absolute atomic E-state index is 0. The summed E-state index contributed by atoms with van der Waals surface area (Å²) < 4.78 is 40.2. The van der Waals surface area contributed by atoms with Crippen LogP contribution < -0.4 is 10.6 Å². The Balaban J connectivity index is -0.000000328. The van der Waals surface area contributed by atoms with Crippen molar-refractivity contribution < 1.29 is 66.3 Å². The lowest BCUT2D eigenvalue weighted by Gasteiger charge is -2.31. The average molecular weight is 642 g/mol. The second kappa shape index (κ2) is 24.6. The second-order valence-electron chi connectivity index (χ2n) is 7.56. The van der Waals surface area contributed by atoms with E-state index >= 15 is 0 Å². The van der Waals surface area contributed by atoms with Gasteiger partial charge in [0.25, 0.3) is 16.9 Å². The predicted octanol–water partition coefficient (Wildman–Crippen LogP) is 3.49. The van der Waals surface area contributed by atoms with Crippen LogP contribution in [0.15, 0.2) is 50.6 Å². The van der Waals surface area contributed by atoms with Gasteiger partial charge in [0.05, 0.1) is 0 Å². The van der Waals surface area contributed by atoms with Gasteiger partial charge in [0.15, 0.2) is 0 Å². The third kappa shape index (κ3) is 19.0. The monoisotopic (exact) mass is 642 g/mol. The van der Waals surface area contributed by atoms with Crippen LogP contribution in [0.2, 0.25) is 0 Å². The summed E-state index contributed by atoms with van der Waals surface area (Å²) in [5.74, 6) is -2.57. The molecule has 0 aromatic rings. The van der Waals surface area contributed by atoms with Crippen molar-refractivity contribution >= 4 is 52.1 Å². The zero-order chi connectivity index (χ0) is 31.2. The first-order chi connectivity index (χ1) is 18.8. The molecule has 0 aliphatic rings. The van der Waals surface area contributed by atoms with Gasteiger partial charge < -0.3 is 29.6 Å². The van der Waals surface area contributed by atoms with Gasteiger partial charge in [0.2, 0.25) is 5.91 Å². The quantitative estimate of drug-likeness (QED) is 0.0957. The lowest BCUT2D eigenvalue weighted by atomic mass is 9.98. The molecule has 1 atom stereocenters. The van der Waals surface area contributed by atoms with E-state index < -0.39 is 63.2 Å². The number of rotatable bonds is 18. The molecule has 236 valence electrons. The number of halogens is 2. The van der Waals surface area contributed by atoms with Crippen molar-refractivity contribution in [3.63, 3.8) is 0 Å². The summed E-state index contributed by atoms with van der Waals surface area (Å²) in [6, 6.07) is 0. The van der Waals surface area contributed by atoms with Gasteiger partial charge in [-0.3, -0.25) is 28.1 Å². The number of carbonyl (C=O) groups excluding carboxylic acids is 6. The molecule has 14 nitrogen and oxygen atoms in total. The normalized spacial score (nSPS) is 11.1. The smallest absolute Gasteiger partial charge is 0.398 e. The van der Waals surface area contributed by atoms with Gasteiger partial charge in [0.1, 0.15) is 37.5 Å². The molecule has 0 fully saturated rings. The molecule has 0 rings (SSSR count). The van der Waals surface area contributed by atoms with Crippen LogP contribution in [0.3, 0.4) is 0 Å². The van der Waals surface area contributed by atoms with Crippen molar-refractivity contribution in [3.05, 3.63) is 50.6 Å². The van der Waals surface area contributed by atoms with E-state index in [-0.39, 0.29) is 42.3 Å². The zero-order valence-electron chi connectivity index (χ0n) is 23.0. The molecule has 0 aromatic carbocycles. The van der Waals surface area contributed by atoms with Crippen molar-refractivity contribution in [2.45, 2.75) is 37.8 Å². The number of nitrogens with one attached hydrogen (secondary N) is 2. The van der Waals surface area contributed by atoms with E-state index in [4.69, 9.17) is 18.9 Å². The molecule has 0 bridgehead atoms. The van der Waals surface area contributed by atoms with Gasteiger partial charge in [-0.25, -0.2) is 19.2 Å². The largest absolute Gasteiger partial charge is 0.460 e. The molecular formula is C24H34F2N2O12P2. The molecule has 18 heteroatoms. The molecular weight excluding hydrogens is 608 g/mol. The van der Waals surface area contributed by atoms with E-state index in [9.17, 15) is 37.9 Å². The maximum Gasteiger partial charge on any atom is 0.398 e. The number of ether oxygens (including phenoxy) is 4. The molecule has 0 radical (unpaired) electrons. The molecule has 2 N–H and O–H groups in total. The number of hydrogen-bond donors (Lipinski definition) is 2. The lowest BCUT2D eigenvalue weighted by molar-refractivity contribution is -0.145. The van der Waals surface area contributed by atoms with Crippen LogP contribution in [0.25, 0.3) is 0 Å². The number of esters is 3. The average Bonchev–Trinajstić information content (AvgIpc) is 2.98. The third-order valence-corrected chi connectivity index (χ3v) is 5.46. The first-order valence-electron chi connectivity index (χ1n) is 11.3. The van der Waals surface area contributed by atoms with Crippen molar-refractivity contribution in [1.82, 2.24) is 10.6 Å². The summed E-state index contributed by atoms with van der Waals surface area (Å²) in [4.78, 5) is 66.9. The van der Waals surface area contributed by atoms with Crippen LogP contribution in [0.1, 0.15) is 26.7 Å². The fourth-order valence-electron chi connectivity index (χ4n) is 2.41. The number of carbonyl (C=O) groups is 6. The molecule has 0 aromatic heterocycles. The highest BCUT2D eigenvalue weighted by atomic mass is 31.1. The van der Waals surface area contributed by atoms with Crippen LogP contribution in [0.5, 0.6) is 0 Å². The Morgan fingerprint density at radius 2 is 0.976 bits per heavy atom. The summed E-state index contributed by atoms with van der Waals surface area (Å²) >= 11 is 0. The third-order valence-electron chi connectivity index (χ3n) is 4.90. The Morgan fingerprint density at radius 1 is 0.619 bits per heavy atom. The van der Waals surface area contributed by atoms with E-state index in [0.717, 1.165) is 24.3 Å². The van der Waals surface area contributed by atoms with Crippen LogP contribution in [-0.4, -0.2) is 72.7 Å². The van der Waals surface area contributed by atoms with Crippen molar-refractivity contribution in [2.24, 2.45) is 0 Å². The first-order valence-corrected chi connectivity index (χ1v) is 13.0. The number of hydrogen-bond acceptors (Lipinski definition) is 12. The van der Waals surface area contributed by atoms with Gasteiger partial charge >= 0.3 is 29.3 Å². The van der Waals surface area contributed by atoms with Crippen LogP contribution in [0.4, 0.5) is 19.0 Å². The second-order valence-corrected chi connectivity index (χ2v) is 8.70. The van der Waals surface area contributed by atoms with Crippen molar-refractivity contribution in [1.29, 1.82) is 0 Å². The molecule has 2 amide bonds. The highest BCUT2D eigenvalue weighted by molar-refractivity contribution is 7.45. The number of amides is 2. The molecule has 0 saturated carbocycles. The SMILES string of the molecule is C=CC(=O)NC(CC)(COC(=O)C=C)COC(=O)P=O.C=CC(=O)OCC(CC)(COC(=O)C=C)NC(=O)P=O.F.F. The molecule has 1 unspecified atom stereocenters. The van der Waals surface area contributed by atoms with Gasteiger partial charge in [-0.05, 0) is 18.9 Å². The summed E-state index contributed by atoms with van der Waals surface area (Å²) in [7, 11) is -1.54. The van der Waals surface area contributed by atoms with Crippen LogP contribution in [0, 0.1) is 0 Å². The predicted molar refractivity (Wildman–Crippen MR) is 148 cm³/mol. The Labute approximate surface area is 244 Å². The van der Waals surface area contributed by atoms with Gasteiger partial charge in [0, 0.05) is 18.2 Å². The fourth-order valence-corrected chi connectivity index (χ4v) is 2.81. The minimum atomic E-state index is -1.16. The summed E-state index contributed by atoms with van der Waals surface area (Å²) in [5.41, 5.74) is -4.07. The van der Waals surface area contributed by atoms with Gasteiger partial charge in [-0.1, -0.05) is 40.2 Å². The Kier molecular flexibility index (Phi) is 26.3. The molecule has 42 heavy (non-hydrogen) atoms. The highest BCUT2D eigenvalue weighted by Crippen LogP contribution is 2.16. The lowest BCUT2D eigenvalue weighted by Crippen LogP contribution is -2.55. The summed E-state index contributed by atoms with van der Waals surface area (Å²) in [6.45, 7) is 15.4. The van der Waals surface area contributed by atoms with Gasteiger partial charge in [-0.2, -0.15) is 0 Å². The van der Waals surface area contributed by atoms with E-state index in [1.165, 1.54) is 0 Å². The van der Waals surface area contributed by atoms with E-state index in [1.807, 2.05) is 0 Å². The maximum atomic E-state index is 11.4. The van der Waals surface area contributed by atoms with E-state index in [0.29, 0.717) is 6.42 Å². The highest BCUT2D eigenvalue weighted by Gasteiger charge is 2.34. The van der Waals surface area contributed by atoms with Crippen LogP contribution in [-0.2, 0) is 47.3 Å². The summed E-state index contributed by atoms with van der Waals surface area (Å²) in [5, 5.41) is 4.94. The van der Waals surface area contributed by atoms with E-state index in [1.54, 1.807) is 13.8 Å². The molecule has 0 spiro atoms. The Morgan fingerprint density at radius 3 is 1.26 bits per heavy atom. The molecule has 0 saturated heterocycles. The zero-order valence-corrected chi connectivity index (χ0v) is 24.8. The topological polar surface area (TPSA) is 198 Å². The maximum absolute atomic E-state index is 11.4. The first kappa shape index (κ1) is 44.8. The van der Waals surface area contributed by atoms with E-state index in [2.05, 4.69) is 36.9 Å². The van der Waals surface area contributed by atoms with Crippen molar-refractivity contribution in [2.75, 3.05) is 26.4 Å². The standard InChI is InChI=1S/2C12H16NO6P.2FH/c1-4-9(14)18-7-12(6-3,13-11(16)20-17)8-19-10(15)5-2;1-4-9(14)13-12(6-3,7-18-10(15)5-2)8-19-11(16)20-17;;/h4-5H,1-2,6-8H2,3H3,(H,13,16);4-5H,1-2,6-8H2,3H3,(H,13,14);2*1H. The van der Waals surface area contributed by atoms with Crippen molar-refractivity contribution in [3.8, 4) is 0 Å².